The maximum Gasteiger partial charge on any atom is 0.255 e. The predicted molar refractivity (Wildman–Crippen MR) is 49.2 cm³/mol. The molecule has 0 aliphatic carbocycles. The number of halogens is 2. The lowest BCUT2D eigenvalue weighted by atomic mass is 10.0. The molecule has 1 rings (SSSR count). The Balaban J connectivity index is 2.02. The van der Waals surface area contributed by atoms with E-state index in [-0.39, 0.29) is 5.91 Å². The van der Waals surface area contributed by atoms with Crippen LogP contribution in [0.5, 0.6) is 0 Å². The van der Waals surface area contributed by atoms with Gasteiger partial charge < -0.3 is 10.6 Å². The summed E-state index contributed by atoms with van der Waals surface area (Å²) in [6, 6.07) is 0. The lowest BCUT2D eigenvalue weighted by Crippen LogP contribution is -2.28. The van der Waals surface area contributed by atoms with E-state index in [1.165, 1.54) is 0 Å². The van der Waals surface area contributed by atoms with Crippen molar-refractivity contribution < 1.29 is 13.6 Å². The lowest BCUT2D eigenvalue weighted by Gasteiger charge is -2.08. The van der Waals surface area contributed by atoms with Crippen LogP contribution in [-0.2, 0) is 4.79 Å². The first-order chi connectivity index (χ1) is 6.68. The monoisotopic (exact) mass is 206 g/mol. The predicted octanol–water partition coefficient (Wildman–Crippen LogP) is 0.757. The van der Waals surface area contributed by atoms with E-state index >= 15 is 0 Å². The fourth-order valence-corrected chi connectivity index (χ4v) is 1.58. The zero-order valence-electron chi connectivity index (χ0n) is 8.06. The van der Waals surface area contributed by atoms with Crippen LogP contribution in [0.3, 0.4) is 0 Å². The molecular formula is C9H16F2N2O. The Kier molecular flexibility index (Phi) is 4.79. The molecule has 0 aromatic rings. The van der Waals surface area contributed by atoms with Gasteiger partial charge in [-0.15, -0.1) is 0 Å². The third-order valence-corrected chi connectivity index (χ3v) is 2.40. The van der Waals surface area contributed by atoms with Crippen LogP contribution in [0.25, 0.3) is 0 Å². The summed E-state index contributed by atoms with van der Waals surface area (Å²) in [5.41, 5.74) is 0. The van der Waals surface area contributed by atoms with Crippen LogP contribution < -0.4 is 10.6 Å². The molecule has 0 aromatic carbocycles. The minimum absolute atomic E-state index is 0.266. The Morgan fingerprint density at radius 3 is 2.93 bits per heavy atom. The third kappa shape index (κ3) is 4.50. The standard InChI is InChI=1S/C9H16F2N2O/c10-8(11)6-13-9(14)2-1-7-3-4-12-5-7/h7-8,12H,1-6H2,(H,13,14). The molecule has 1 amide bonds. The average molecular weight is 206 g/mol. The van der Waals surface area contributed by atoms with Crippen molar-refractivity contribution in [3.05, 3.63) is 0 Å². The second kappa shape index (κ2) is 5.90. The second-order valence-corrected chi connectivity index (χ2v) is 3.59. The van der Waals surface area contributed by atoms with Crippen LogP contribution >= 0.6 is 0 Å². The molecule has 0 aromatic heterocycles. The van der Waals surface area contributed by atoms with Crippen molar-refractivity contribution >= 4 is 5.91 Å². The Morgan fingerprint density at radius 1 is 1.57 bits per heavy atom. The molecule has 0 bridgehead atoms. The van der Waals surface area contributed by atoms with Crippen LogP contribution in [0.15, 0.2) is 0 Å². The molecule has 5 heteroatoms. The normalized spacial score (nSPS) is 21.5. The van der Waals surface area contributed by atoms with Gasteiger partial charge in [-0.1, -0.05) is 0 Å². The quantitative estimate of drug-likeness (QED) is 0.697. The number of hydrogen-bond donors (Lipinski definition) is 2. The van der Waals surface area contributed by atoms with Gasteiger partial charge in [0, 0.05) is 6.42 Å². The molecule has 2 N–H and O–H groups in total. The molecule has 82 valence electrons. The van der Waals surface area contributed by atoms with Gasteiger partial charge in [0.15, 0.2) is 0 Å². The molecule has 1 fully saturated rings. The number of alkyl halides is 2. The topological polar surface area (TPSA) is 41.1 Å². The van der Waals surface area contributed by atoms with Crippen LogP contribution in [-0.4, -0.2) is 32.0 Å². The summed E-state index contributed by atoms with van der Waals surface area (Å²) in [6.45, 7) is 1.42. The summed E-state index contributed by atoms with van der Waals surface area (Å²) >= 11 is 0. The van der Waals surface area contributed by atoms with E-state index in [9.17, 15) is 13.6 Å². The highest BCUT2D eigenvalue weighted by Gasteiger charge is 2.15. The van der Waals surface area contributed by atoms with Crippen molar-refractivity contribution in [1.82, 2.24) is 10.6 Å². The van der Waals surface area contributed by atoms with Gasteiger partial charge in [-0.3, -0.25) is 4.79 Å². The second-order valence-electron chi connectivity index (χ2n) is 3.59. The van der Waals surface area contributed by atoms with Gasteiger partial charge >= 0.3 is 0 Å². The van der Waals surface area contributed by atoms with Crippen molar-refractivity contribution in [2.75, 3.05) is 19.6 Å². The lowest BCUT2D eigenvalue weighted by molar-refractivity contribution is -0.122. The highest BCUT2D eigenvalue weighted by molar-refractivity contribution is 5.75. The zero-order chi connectivity index (χ0) is 10.4. The minimum atomic E-state index is -2.45. The summed E-state index contributed by atoms with van der Waals surface area (Å²) in [4.78, 5) is 11.0. The maximum absolute atomic E-state index is 11.7. The molecule has 14 heavy (non-hydrogen) atoms. The van der Waals surface area contributed by atoms with Gasteiger partial charge in [0.2, 0.25) is 5.91 Å². The third-order valence-electron chi connectivity index (χ3n) is 2.40. The number of rotatable bonds is 5. The first-order valence-electron chi connectivity index (χ1n) is 4.94. The minimum Gasteiger partial charge on any atom is -0.350 e. The molecule has 1 heterocycles. The summed E-state index contributed by atoms with van der Waals surface area (Å²) < 4.78 is 23.4. The number of carbonyl (C=O) groups is 1. The Morgan fingerprint density at radius 2 is 2.36 bits per heavy atom. The largest absolute Gasteiger partial charge is 0.350 e. The van der Waals surface area contributed by atoms with Crippen LogP contribution in [0.2, 0.25) is 0 Å². The first-order valence-corrected chi connectivity index (χ1v) is 4.94. The van der Waals surface area contributed by atoms with E-state index in [0.29, 0.717) is 12.3 Å². The molecule has 3 nitrogen and oxygen atoms in total. The average Bonchev–Trinajstić information content (AvgIpc) is 2.63. The van der Waals surface area contributed by atoms with Gasteiger partial charge in [-0.05, 0) is 31.8 Å². The first kappa shape index (κ1) is 11.4. The summed E-state index contributed by atoms with van der Waals surface area (Å²) in [5, 5.41) is 5.39. The van der Waals surface area contributed by atoms with Crippen molar-refractivity contribution in [1.29, 1.82) is 0 Å². The van der Waals surface area contributed by atoms with E-state index in [4.69, 9.17) is 0 Å². The maximum atomic E-state index is 11.7. The molecule has 1 aliphatic heterocycles. The molecule has 1 aliphatic rings. The zero-order valence-corrected chi connectivity index (χ0v) is 8.06. The number of carbonyl (C=O) groups excluding carboxylic acids is 1. The van der Waals surface area contributed by atoms with E-state index in [2.05, 4.69) is 10.6 Å². The van der Waals surface area contributed by atoms with Crippen molar-refractivity contribution in [2.24, 2.45) is 5.92 Å². The fourth-order valence-electron chi connectivity index (χ4n) is 1.58. The molecular weight excluding hydrogens is 190 g/mol. The van der Waals surface area contributed by atoms with E-state index in [1.54, 1.807) is 0 Å². The van der Waals surface area contributed by atoms with Crippen LogP contribution in [0, 0.1) is 5.92 Å². The molecule has 0 spiro atoms. The van der Waals surface area contributed by atoms with E-state index < -0.39 is 13.0 Å². The van der Waals surface area contributed by atoms with Crippen molar-refractivity contribution in [3.8, 4) is 0 Å². The van der Waals surface area contributed by atoms with E-state index in [0.717, 1.165) is 25.9 Å². The summed E-state index contributed by atoms with van der Waals surface area (Å²) in [6.07, 6.45) is -0.212. The molecule has 0 saturated carbocycles. The van der Waals surface area contributed by atoms with Gasteiger partial charge in [0.25, 0.3) is 6.43 Å². The van der Waals surface area contributed by atoms with Gasteiger partial charge in [0.05, 0.1) is 6.54 Å². The highest BCUT2D eigenvalue weighted by atomic mass is 19.3. The van der Waals surface area contributed by atoms with Gasteiger partial charge in [-0.25, -0.2) is 8.78 Å². The molecule has 1 saturated heterocycles. The Hall–Kier alpha value is -0.710. The Labute approximate surface area is 82.2 Å². The number of nitrogens with one attached hydrogen (secondary N) is 2. The van der Waals surface area contributed by atoms with Gasteiger partial charge in [0.1, 0.15) is 0 Å². The van der Waals surface area contributed by atoms with Crippen molar-refractivity contribution in [3.63, 3.8) is 0 Å². The van der Waals surface area contributed by atoms with E-state index in [1.807, 2.05) is 0 Å². The SMILES string of the molecule is O=C(CCC1CCNC1)NCC(F)F. The van der Waals surface area contributed by atoms with Crippen LogP contribution in [0.4, 0.5) is 8.78 Å². The number of hydrogen-bond acceptors (Lipinski definition) is 2. The molecule has 0 radical (unpaired) electrons. The molecule has 1 unspecified atom stereocenters. The highest BCUT2D eigenvalue weighted by Crippen LogP contribution is 2.13. The molecule has 1 atom stereocenters. The van der Waals surface area contributed by atoms with Crippen molar-refractivity contribution in [2.45, 2.75) is 25.7 Å². The fraction of sp³-hybridized carbons (Fsp3) is 0.889. The Bertz CT molecular complexity index is 182. The smallest absolute Gasteiger partial charge is 0.255 e. The summed E-state index contributed by atoms with van der Waals surface area (Å²) in [5.74, 6) is 0.268. The van der Waals surface area contributed by atoms with Crippen LogP contribution in [0.1, 0.15) is 19.3 Å². The van der Waals surface area contributed by atoms with Gasteiger partial charge in [-0.2, -0.15) is 0 Å². The summed E-state index contributed by atoms with van der Waals surface area (Å²) in [7, 11) is 0. The number of amides is 1.